The summed E-state index contributed by atoms with van der Waals surface area (Å²) in [4.78, 5) is 25.8. The molecule has 3 rings (SSSR count). The summed E-state index contributed by atoms with van der Waals surface area (Å²) in [5.41, 5.74) is 2.29. The van der Waals surface area contributed by atoms with E-state index in [1.165, 1.54) is 6.08 Å². The molecular formula is C24H18BrN3O3S. The van der Waals surface area contributed by atoms with Crippen LogP contribution in [-0.4, -0.2) is 22.9 Å². The molecule has 160 valence electrons. The van der Waals surface area contributed by atoms with Crippen molar-refractivity contribution in [1.29, 1.82) is 10.5 Å². The van der Waals surface area contributed by atoms with Crippen molar-refractivity contribution in [3.8, 4) is 17.8 Å². The Morgan fingerprint density at radius 1 is 1.22 bits per heavy atom. The van der Waals surface area contributed by atoms with Crippen molar-refractivity contribution in [1.82, 2.24) is 4.57 Å². The van der Waals surface area contributed by atoms with Gasteiger partial charge in [-0.1, -0.05) is 15.9 Å². The van der Waals surface area contributed by atoms with Crippen molar-refractivity contribution in [2.75, 3.05) is 6.61 Å². The minimum Gasteiger partial charge on any atom is -0.462 e. The van der Waals surface area contributed by atoms with Crippen molar-refractivity contribution in [3.05, 3.63) is 79.2 Å². The molecule has 3 aromatic rings. The predicted octanol–water partition coefficient (Wildman–Crippen LogP) is 5.38. The van der Waals surface area contributed by atoms with Gasteiger partial charge in [0.1, 0.15) is 17.0 Å². The van der Waals surface area contributed by atoms with Crippen LogP contribution >= 0.6 is 27.3 Å². The number of rotatable bonds is 7. The monoisotopic (exact) mass is 507 g/mol. The first kappa shape index (κ1) is 23.2. The van der Waals surface area contributed by atoms with Crippen LogP contribution < -0.4 is 0 Å². The molecule has 2 aromatic heterocycles. The van der Waals surface area contributed by atoms with Crippen LogP contribution in [0.15, 0.2) is 52.6 Å². The molecule has 0 saturated heterocycles. The van der Waals surface area contributed by atoms with Crippen molar-refractivity contribution < 1.29 is 14.3 Å². The first-order chi connectivity index (χ1) is 15.4. The number of Topliss-reactive ketones (excluding diaryl/α,β-unsaturated/α-hetero) is 1. The number of hydrogen-bond acceptors (Lipinski definition) is 6. The molecule has 0 aliphatic heterocycles. The van der Waals surface area contributed by atoms with Gasteiger partial charge in [0, 0.05) is 33.3 Å². The molecule has 0 atom stereocenters. The van der Waals surface area contributed by atoms with E-state index >= 15 is 0 Å². The Labute approximate surface area is 198 Å². The molecule has 0 aliphatic rings. The minimum absolute atomic E-state index is 0.0327. The summed E-state index contributed by atoms with van der Waals surface area (Å²) in [6.45, 7) is 3.57. The van der Waals surface area contributed by atoms with Crippen molar-refractivity contribution >= 4 is 45.1 Å². The largest absolute Gasteiger partial charge is 0.462 e. The van der Waals surface area contributed by atoms with Crippen molar-refractivity contribution in [2.24, 2.45) is 0 Å². The van der Waals surface area contributed by atoms with E-state index in [-0.39, 0.29) is 24.2 Å². The molecule has 0 radical (unpaired) electrons. The third-order valence-electron chi connectivity index (χ3n) is 4.71. The fourth-order valence-corrected chi connectivity index (χ4v) is 4.56. The van der Waals surface area contributed by atoms with Gasteiger partial charge in [-0.05, 0) is 61.9 Å². The van der Waals surface area contributed by atoms with Gasteiger partial charge in [0.05, 0.1) is 17.7 Å². The topological polar surface area (TPSA) is 95.9 Å². The highest BCUT2D eigenvalue weighted by Crippen LogP contribution is 2.30. The number of esters is 1. The Bertz CT molecular complexity index is 1290. The molecule has 0 spiro atoms. The quantitative estimate of drug-likeness (QED) is 0.243. The Kier molecular flexibility index (Phi) is 7.42. The van der Waals surface area contributed by atoms with Crippen LogP contribution in [0.1, 0.15) is 38.3 Å². The second kappa shape index (κ2) is 10.2. The fraction of sp³-hybridized carbons (Fsp3) is 0.167. The summed E-state index contributed by atoms with van der Waals surface area (Å²) in [5.74, 6) is -0.946. The summed E-state index contributed by atoms with van der Waals surface area (Å²) < 4.78 is 7.85. The van der Waals surface area contributed by atoms with Gasteiger partial charge in [-0.25, -0.2) is 4.79 Å². The Balaban J connectivity index is 1.91. The van der Waals surface area contributed by atoms with E-state index < -0.39 is 11.8 Å². The van der Waals surface area contributed by atoms with Crippen LogP contribution in [0.25, 0.3) is 11.8 Å². The lowest BCUT2D eigenvalue weighted by Gasteiger charge is -2.07. The summed E-state index contributed by atoms with van der Waals surface area (Å²) in [6.07, 6.45) is 3.23. The van der Waals surface area contributed by atoms with E-state index in [4.69, 9.17) is 4.74 Å². The van der Waals surface area contributed by atoms with Gasteiger partial charge in [0.15, 0.2) is 5.78 Å². The average Bonchev–Trinajstić information content (AvgIpc) is 3.36. The number of allylic oxidation sites excluding steroid dienone is 1. The number of nitrogens with zero attached hydrogens (tertiary/aromatic N) is 3. The lowest BCUT2D eigenvalue weighted by molar-refractivity contribution is -0.114. The SMILES string of the molecule is CCOC(=O)c1sc(CC(=O)/C(C#N)=C/c2cccn2-c2ccc(Br)cc2)c(C#N)c1C. The van der Waals surface area contributed by atoms with E-state index in [1.807, 2.05) is 53.2 Å². The molecule has 0 unspecified atom stereocenters. The highest BCUT2D eigenvalue weighted by atomic mass is 79.9. The fourth-order valence-electron chi connectivity index (χ4n) is 3.15. The number of halogens is 1. The van der Waals surface area contributed by atoms with E-state index in [0.717, 1.165) is 21.5 Å². The number of ketones is 1. The number of benzene rings is 1. The van der Waals surface area contributed by atoms with E-state index in [0.29, 0.717) is 21.0 Å². The molecule has 0 amide bonds. The van der Waals surface area contributed by atoms with Crippen LogP contribution in [0.3, 0.4) is 0 Å². The lowest BCUT2D eigenvalue weighted by Crippen LogP contribution is -2.06. The summed E-state index contributed by atoms with van der Waals surface area (Å²) in [5, 5.41) is 19.2. The van der Waals surface area contributed by atoms with Gasteiger partial charge in [0.2, 0.25) is 0 Å². The molecule has 8 heteroatoms. The Hall–Kier alpha value is -3.46. The molecule has 0 N–H and O–H groups in total. The van der Waals surface area contributed by atoms with Crippen LogP contribution in [-0.2, 0) is 16.0 Å². The standard InChI is InChI=1S/C24H18BrN3O3S/c1-3-31-24(30)23-15(2)20(14-27)22(32-23)12-21(29)16(13-26)11-19-5-4-10-28(19)18-8-6-17(25)7-9-18/h4-11H,3,12H2,1-2H3/b16-11+. The van der Waals surface area contributed by atoms with E-state index in [2.05, 4.69) is 22.0 Å². The molecule has 32 heavy (non-hydrogen) atoms. The molecule has 0 saturated carbocycles. The molecule has 2 heterocycles. The van der Waals surface area contributed by atoms with Crippen LogP contribution in [0.4, 0.5) is 0 Å². The van der Waals surface area contributed by atoms with Gasteiger partial charge in [-0.3, -0.25) is 4.79 Å². The number of carbonyl (C=O) groups excluding carboxylic acids is 2. The molecule has 0 bridgehead atoms. The first-order valence-electron chi connectivity index (χ1n) is 9.67. The van der Waals surface area contributed by atoms with Gasteiger partial charge < -0.3 is 9.30 Å². The number of thiophene rings is 1. The van der Waals surface area contributed by atoms with Crippen molar-refractivity contribution in [2.45, 2.75) is 20.3 Å². The zero-order chi connectivity index (χ0) is 23.3. The van der Waals surface area contributed by atoms with Gasteiger partial charge in [-0.2, -0.15) is 10.5 Å². The van der Waals surface area contributed by atoms with Crippen LogP contribution in [0.5, 0.6) is 0 Å². The zero-order valence-corrected chi connectivity index (χ0v) is 19.8. The van der Waals surface area contributed by atoms with Crippen LogP contribution in [0, 0.1) is 29.6 Å². The summed E-state index contributed by atoms with van der Waals surface area (Å²) >= 11 is 4.47. The highest BCUT2D eigenvalue weighted by Gasteiger charge is 2.23. The molecule has 0 aliphatic carbocycles. The second-order valence-electron chi connectivity index (χ2n) is 6.74. The summed E-state index contributed by atoms with van der Waals surface area (Å²) in [7, 11) is 0. The Morgan fingerprint density at radius 3 is 2.56 bits per heavy atom. The number of carbonyl (C=O) groups is 2. The minimum atomic E-state index is -0.520. The third-order valence-corrected chi connectivity index (χ3v) is 6.51. The van der Waals surface area contributed by atoms with Crippen molar-refractivity contribution in [3.63, 3.8) is 0 Å². The van der Waals surface area contributed by atoms with Gasteiger partial charge in [0.25, 0.3) is 0 Å². The maximum atomic E-state index is 12.9. The molecule has 1 aromatic carbocycles. The normalized spacial score (nSPS) is 11.0. The first-order valence-corrected chi connectivity index (χ1v) is 11.3. The highest BCUT2D eigenvalue weighted by molar-refractivity contribution is 9.10. The van der Waals surface area contributed by atoms with E-state index in [9.17, 15) is 20.1 Å². The van der Waals surface area contributed by atoms with Gasteiger partial charge in [-0.15, -0.1) is 11.3 Å². The predicted molar refractivity (Wildman–Crippen MR) is 125 cm³/mol. The lowest BCUT2D eigenvalue weighted by atomic mass is 10.0. The third kappa shape index (κ3) is 4.88. The zero-order valence-electron chi connectivity index (χ0n) is 17.4. The number of hydrogen-bond donors (Lipinski definition) is 0. The summed E-state index contributed by atoms with van der Waals surface area (Å²) in [6, 6.07) is 15.3. The average molecular weight is 508 g/mol. The number of aromatic nitrogens is 1. The Morgan fingerprint density at radius 2 is 1.94 bits per heavy atom. The van der Waals surface area contributed by atoms with Gasteiger partial charge >= 0.3 is 5.97 Å². The molecular weight excluding hydrogens is 490 g/mol. The molecule has 0 fully saturated rings. The molecule has 6 nitrogen and oxygen atoms in total. The smallest absolute Gasteiger partial charge is 0.348 e. The maximum absolute atomic E-state index is 12.9. The second-order valence-corrected chi connectivity index (χ2v) is 8.76. The van der Waals surface area contributed by atoms with Crippen LogP contribution in [0.2, 0.25) is 0 Å². The number of nitriles is 2. The number of ether oxygens (including phenoxy) is 1. The van der Waals surface area contributed by atoms with E-state index in [1.54, 1.807) is 13.8 Å². The maximum Gasteiger partial charge on any atom is 0.348 e.